The summed E-state index contributed by atoms with van der Waals surface area (Å²) in [6, 6.07) is 9.49. The van der Waals surface area contributed by atoms with Gasteiger partial charge in [-0.25, -0.2) is 13.2 Å². The van der Waals surface area contributed by atoms with Gasteiger partial charge in [-0.2, -0.15) is 13.2 Å². The Hall–Kier alpha value is -3.94. The van der Waals surface area contributed by atoms with Crippen molar-refractivity contribution in [3.63, 3.8) is 0 Å². The Kier molecular flexibility index (Phi) is 10.4. The molecule has 2 aromatic carbocycles. The van der Waals surface area contributed by atoms with Crippen LogP contribution in [-0.2, 0) is 16.0 Å². The number of alkyl halides is 3. The van der Waals surface area contributed by atoms with Crippen LogP contribution in [0.4, 0.5) is 26.3 Å². The van der Waals surface area contributed by atoms with Crippen LogP contribution >= 0.6 is 0 Å². The van der Waals surface area contributed by atoms with Crippen LogP contribution in [0.1, 0.15) is 30.0 Å². The van der Waals surface area contributed by atoms with Gasteiger partial charge in [-0.1, -0.05) is 30.3 Å². The quantitative estimate of drug-likeness (QED) is 0.192. The summed E-state index contributed by atoms with van der Waals surface area (Å²) in [5.41, 5.74) is 11.1. The summed E-state index contributed by atoms with van der Waals surface area (Å²) in [5.74, 6) is -6.58. The van der Waals surface area contributed by atoms with Crippen LogP contribution in [0.3, 0.4) is 0 Å². The molecule has 1 saturated heterocycles. The second kappa shape index (κ2) is 13.0. The zero-order chi connectivity index (χ0) is 28.6. The predicted octanol–water partition coefficient (Wildman–Crippen LogP) is 3.26. The Balaban J connectivity index is 0.000000384. The van der Waals surface area contributed by atoms with Crippen molar-refractivity contribution in [1.29, 1.82) is 10.8 Å². The number of aryl methyl sites for hydroxylation is 1. The first-order valence-electron chi connectivity index (χ1n) is 11.2. The Morgan fingerprint density at radius 1 is 1.00 bits per heavy atom. The third-order valence-electron chi connectivity index (χ3n) is 5.54. The molecule has 0 spiro atoms. The van der Waals surface area contributed by atoms with E-state index < -0.39 is 53.2 Å². The summed E-state index contributed by atoms with van der Waals surface area (Å²) < 4.78 is 77.2. The van der Waals surface area contributed by atoms with E-state index in [-0.39, 0.29) is 44.5 Å². The average Bonchev–Trinajstić information content (AvgIpc) is 2.86. The van der Waals surface area contributed by atoms with Crippen LogP contribution in [0.25, 0.3) is 0 Å². The third-order valence-corrected chi connectivity index (χ3v) is 5.54. The highest BCUT2D eigenvalue weighted by atomic mass is 19.4. The van der Waals surface area contributed by atoms with Crippen LogP contribution in [0.15, 0.2) is 42.5 Å². The predicted molar refractivity (Wildman–Crippen MR) is 127 cm³/mol. The van der Waals surface area contributed by atoms with Gasteiger partial charge in [0.25, 0.3) is 0 Å². The van der Waals surface area contributed by atoms with Crippen molar-refractivity contribution >= 4 is 23.5 Å². The highest BCUT2D eigenvalue weighted by molar-refractivity contribution is 6.02. The number of primary amides is 1. The molecule has 1 aliphatic rings. The number of rotatable bonds is 6. The van der Waals surface area contributed by atoms with Gasteiger partial charge >= 0.3 is 6.18 Å². The van der Waals surface area contributed by atoms with Gasteiger partial charge in [-0.3, -0.25) is 20.4 Å². The molecule has 2 aromatic rings. The summed E-state index contributed by atoms with van der Waals surface area (Å²) >= 11 is 0. The second-order valence-electron chi connectivity index (χ2n) is 8.26. The topological polar surface area (TPSA) is 140 Å². The first-order valence-corrected chi connectivity index (χ1v) is 11.2. The molecule has 1 fully saturated rings. The molecule has 206 valence electrons. The van der Waals surface area contributed by atoms with E-state index in [4.69, 9.17) is 22.3 Å². The van der Waals surface area contributed by atoms with E-state index in [1.807, 2.05) is 18.2 Å². The summed E-state index contributed by atoms with van der Waals surface area (Å²) in [6.45, 7) is -0.809. The smallest absolute Gasteiger partial charge is 0.368 e. The normalized spacial score (nSPS) is 14.4. The number of piperazine rings is 1. The van der Waals surface area contributed by atoms with Crippen LogP contribution < -0.4 is 11.5 Å². The average molecular weight is 545 g/mol. The van der Waals surface area contributed by atoms with Crippen molar-refractivity contribution in [3.05, 3.63) is 71.0 Å². The minimum Gasteiger partial charge on any atom is -0.368 e. The number of benzene rings is 2. The largest absolute Gasteiger partial charge is 0.449 e. The molecular weight excluding hydrogens is 518 g/mol. The van der Waals surface area contributed by atoms with E-state index in [9.17, 15) is 35.9 Å². The molecule has 1 atom stereocenters. The Morgan fingerprint density at radius 3 is 2.16 bits per heavy atom. The number of amides is 2. The SMILES string of the molecule is N=C1CN(C(=O)CCCc2cc(F)c(F)cc2F)CCN1C(=N)C(F)(F)F.NC(=O)C(N)c1ccccc1. The molecule has 1 unspecified atom stereocenters. The van der Waals surface area contributed by atoms with Crippen molar-refractivity contribution in [1.82, 2.24) is 9.80 Å². The van der Waals surface area contributed by atoms with Crippen molar-refractivity contribution in [2.75, 3.05) is 19.6 Å². The number of carbonyl (C=O) groups is 2. The van der Waals surface area contributed by atoms with Crippen molar-refractivity contribution in [3.8, 4) is 0 Å². The number of hydrogen-bond donors (Lipinski definition) is 4. The molecule has 0 aliphatic carbocycles. The first-order chi connectivity index (χ1) is 17.7. The summed E-state index contributed by atoms with van der Waals surface area (Å²) in [6.07, 6.45) is -4.88. The van der Waals surface area contributed by atoms with E-state index in [1.54, 1.807) is 12.1 Å². The lowest BCUT2D eigenvalue weighted by atomic mass is 10.1. The standard InChI is InChI=1S/C16H16F6N4O.C8H10N2O/c17-10-7-12(19)11(18)6-9(10)2-1-3-14(27)25-4-5-26(13(23)8-25)15(24)16(20,21)22;9-7(8(10)11)6-4-2-1-3-5-6/h6-7,23-24H,1-5,8H2;1-5,7H,9H2,(H2,10,11). The van der Waals surface area contributed by atoms with E-state index in [0.717, 1.165) is 5.56 Å². The summed E-state index contributed by atoms with van der Waals surface area (Å²) in [4.78, 5) is 24.4. The molecular formula is C24H26F6N6O2. The van der Waals surface area contributed by atoms with E-state index in [1.165, 1.54) is 4.90 Å². The van der Waals surface area contributed by atoms with Crippen LogP contribution in [0.2, 0.25) is 0 Å². The number of halogens is 6. The molecule has 3 rings (SSSR count). The van der Waals surface area contributed by atoms with E-state index in [0.29, 0.717) is 17.0 Å². The number of hydrogen-bond acceptors (Lipinski definition) is 5. The number of nitrogens with one attached hydrogen (secondary N) is 2. The minimum atomic E-state index is -4.88. The molecule has 0 radical (unpaired) electrons. The Labute approximate surface area is 214 Å². The molecule has 1 aliphatic heterocycles. The maximum absolute atomic E-state index is 13.5. The fourth-order valence-corrected chi connectivity index (χ4v) is 3.48. The molecule has 0 saturated carbocycles. The first kappa shape index (κ1) is 30.3. The fourth-order valence-electron chi connectivity index (χ4n) is 3.48. The lowest BCUT2D eigenvalue weighted by Gasteiger charge is -2.36. The monoisotopic (exact) mass is 544 g/mol. The molecule has 0 aromatic heterocycles. The maximum Gasteiger partial charge on any atom is 0.449 e. The molecule has 1 heterocycles. The van der Waals surface area contributed by atoms with Crippen molar-refractivity contribution in [2.24, 2.45) is 11.5 Å². The summed E-state index contributed by atoms with van der Waals surface area (Å²) in [5, 5.41) is 14.7. The molecule has 2 amide bonds. The van der Waals surface area contributed by atoms with E-state index in [2.05, 4.69) is 0 Å². The van der Waals surface area contributed by atoms with Gasteiger partial charge in [0.1, 0.15) is 17.7 Å². The van der Waals surface area contributed by atoms with Crippen molar-refractivity contribution in [2.45, 2.75) is 31.5 Å². The van der Waals surface area contributed by atoms with Gasteiger partial charge in [0.05, 0.1) is 6.54 Å². The molecule has 6 N–H and O–H groups in total. The molecule has 38 heavy (non-hydrogen) atoms. The molecule has 8 nitrogen and oxygen atoms in total. The summed E-state index contributed by atoms with van der Waals surface area (Å²) in [7, 11) is 0. The number of amidine groups is 2. The highest BCUT2D eigenvalue weighted by Gasteiger charge is 2.41. The van der Waals surface area contributed by atoms with Crippen LogP contribution in [-0.4, -0.2) is 59.1 Å². The van der Waals surface area contributed by atoms with Gasteiger partial charge in [0, 0.05) is 25.6 Å². The lowest BCUT2D eigenvalue weighted by molar-refractivity contribution is -0.131. The van der Waals surface area contributed by atoms with Crippen LogP contribution in [0.5, 0.6) is 0 Å². The van der Waals surface area contributed by atoms with Gasteiger partial charge in [-0.15, -0.1) is 0 Å². The van der Waals surface area contributed by atoms with Crippen molar-refractivity contribution < 1.29 is 35.9 Å². The van der Waals surface area contributed by atoms with E-state index >= 15 is 0 Å². The zero-order valence-corrected chi connectivity index (χ0v) is 20.0. The molecule has 14 heteroatoms. The highest BCUT2D eigenvalue weighted by Crippen LogP contribution is 2.21. The third kappa shape index (κ3) is 8.30. The minimum absolute atomic E-state index is 0.0229. The number of nitrogens with zero attached hydrogens (tertiary/aromatic N) is 2. The fraction of sp³-hybridized carbons (Fsp3) is 0.333. The lowest BCUT2D eigenvalue weighted by Crippen LogP contribution is -2.56. The van der Waals surface area contributed by atoms with Gasteiger partial charge in [-0.05, 0) is 30.0 Å². The number of nitrogens with two attached hydrogens (primary N) is 2. The van der Waals surface area contributed by atoms with Crippen LogP contribution in [0, 0.1) is 28.3 Å². The Bertz CT molecular complexity index is 1170. The van der Waals surface area contributed by atoms with Gasteiger partial charge < -0.3 is 21.3 Å². The molecule has 0 bridgehead atoms. The Morgan fingerprint density at radius 2 is 1.61 bits per heavy atom. The second-order valence-corrected chi connectivity index (χ2v) is 8.26. The zero-order valence-electron chi connectivity index (χ0n) is 20.0. The number of carbonyl (C=O) groups excluding carboxylic acids is 2. The van der Waals surface area contributed by atoms with Gasteiger partial charge in [0.2, 0.25) is 17.6 Å². The maximum atomic E-state index is 13.5. The van der Waals surface area contributed by atoms with Gasteiger partial charge in [0.15, 0.2) is 11.6 Å².